The quantitative estimate of drug-likeness (QED) is 0.474. The van der Waals surface area contributed by atoms with E-state index in [1.54, 1.807) is 5.70 Å². The molecule has 0 radical (unpaired) electrons. The Balaban J connectivity index is 2.42. The van der Waals surface area contributed by atoms with Gasteiger partial charge in [0.25, 0.3) is 0 Å². The average molecular weight is 296 g/mol. The predicted molar refractivity (Wildman–Crippen MR) is 92.5 cm³/mol. The standard InChI is InChI=1S/C19H37NO/c1-5-7-8-9-10-12-17(3)15-18(6-2)20-14-11-13-19(20)16-21-4/h15,17,19H,5-14,16H2,1-4H3/b18-15-/t17-,19+/m1/s1. The second-order valence-electron chi connectivity index (χ2n) is 6.64. The van der Waals surface area contributed by atoms with Crippen LogP contribution in [0.5, 0.6) is 0 Å². The van der Waals surface area contributed by atoms with E-state index in [0.717, 1.165) is 13.0 Å². The van der Waals surface area contributed by atoms with Crippen molar-refractivity contribution in [2.24, 2.45) is 5.92 Å². The fraction of sp³-hybridized carbons (Fsp3) is 0.895. The molecule has 0 aromatic carbocycles. The molecule has 1 saturated heterocycles. The van der Waals surface area contributed by atoms with Crippen LogP contribution >= 0.6 is 0 Å². The van der Waals surface area contributed by atoms with Gasteiger partial charge in [0.15, 0.2) is 0 Å². The summed E-state index contributed by atoms with van der Waals surface area (Å²) in [6.45, 7) is 9.06. The summed E-state index contributed by atoms with van der Waals surface area (Å²) in [5.41, 5.74) is 1.55. The Morgan fingerprint density at radius 1 is 1.24 bits per heavy atom. The molecule has 0 saturated carbocycles. The highest BCUT2D eigenvalue weighted by molar-refractivity contribution is 5.06. The Labute approximate surface area is 132 Å². The van der Waals surface area contributed by atoms with Gasteiger partial charge in [-0.15, -0.1) is 0 Å². The molecule has 2 atom stereocenters. The zero-order valence-electron chi connectivity index (χ0n) is 14.9. The van der Waals surface area contributed by atoms with Crippen molar-refractivity contribution in [2.45, 2.75) is 84.6 Å². The minimum absolute atomic E-state index is 0.609. The molecular weight excluding hydrogens is 258 g/mol. The summed E-state index contributed by atoms with van der Waals surface area (Å²) in [5.74, 6) is 0.713. The van der Waals surface area contributed by atoms with Crippen LogP contribution in [0.15, 0.2) is 11.8 Å². The van der Waals surface area contributed by atoms with Gasteiger partial charge in [0, 0.05) is 19.4 Å². The zero-order chi connectivity index (χ0) is 15.5. The molecule has 21 heavy (non-hydrogen) atoms. The van der Waals surface area contributed by atoms with Crippen molar-refractivity contribution in [3.63, 3.8) is 0 Å². The van der Waals surface area contributed by atoms with Crippen molar-refractivity contribution >= 4 is 0 Å². The van der Waals surface area contributed by atoms with E-state index in [1.165, 1.54) is 57.9 Å². The number of ether oxygens (including phenoxy) is 1. The second kappa shape index (κ2) is 11.1. The van der Waals surface area contributed by atoms with E-state index in [2.05, 4.69) is 31.7 Å². The zero-order valence-corrected chi connectivity index (χ0v) is 14.9. The molecule has 0 aromatic heterocycles. The molecule has 1 rings (SSSR count). The van der Waals surface area contributed by atoms with Gasteiger partial charge in [-0.3, -0.25) is 0 Å². The van der Waals surface area contributed by atoms with Crippen molar-refractivity contribution in [2.75, 3.05) is 20.3 Å². The normalized spacial score (nSPS) is 21.0. The number of methoxy groups -OCH3 is 1. The molecule has 0 bridgehead atoms. The minimum Gasteiger partial charge on any atom is -0.383 e. The highest BCUT2D eigenvalue weighted by Crippen LogP contribution is 2.26. The van der Waals surface area contributed by atoms with E-state index in [9.17, 15) is 0 Å². The molecule has 1 heterocycles. The maximum absolute atomic E-state index is 5.39. The van der Waals surface area contributed by atoms with Gasteiger partial charge in [-0.2, -0.15) is 0 Å². The van der Waals surface area contributed by atoms with E-state index < -0.39 is 0 Å². The van der Waals surface area contributed by atoms with Crippen LogP contribution in [0.1, 0.15) is 78.6 Å². The van der Waals surface area contributed by atoms with Gasteiger partial charge in [-0.05, 0) is 31.6 Å². The van der Waals surface area contributed by atoms with Crippen LogP contribution < -0.4 is 0 Å². The molecule has 2 nitrogen and oxygen atoms in total. The smallest absolute Gasteiger partial charge is 0.0666 e. The monoisotopic (exact) mass is 295 g/mol. The lowest BCUT2D eigenvalue weighted by molar-refractivity contribution is 0.130. The fourth-order valence-electron chi connectivity index (χ4n) is 3.48. The lowest BCUT2D eigenvalue weighted by Crippen LogP contribution is -2.32. The molecule has 0 aliphatic carbocycles. The molecule has 1 aliphatic heterocycles. The Kier molecular flexibility index (Phi) is 9.82. The van der Waals surface area contributed by atoms with Gasteiger partial charge >= 0.3 is 0 Å². The topological polar surface area (TPSA) is 12.5 Å². The molecule has 1 aliphatic rings. The predicted octanol–water partition coefficient (Wildman–Crippen LogP) is 5.39. The minimum atomic E-state index is 0.609. The molecule has 1 fully saturated rings. The van der Waals surface area contributed by atoms with Crippen molar-refractivity contribution in [3.8, 4) is 0 Å². The summed E-state index contributed by atoms with van der Waals surface area (Å²) in [6, 6.07) is 0.609. The van der Waals surface area contributed by atoms with E-state index in [1.807, 2.05) is 7.11 Å². The molecule has 124 valence electrons. The first kappa shape index (κ1) is 18.5. The largest absolute Gasteiger partial charge is 0.383 e. The van der Waals surface area contributed by atoms with Gasteiger partial charge in [0.1, 0.15) is 0 Å². The highest BCUT2D eigenvalue weighted by atomic mass is 16.5. The van der Waals surface area contributed by atoms with Gasteiger partial charge in [-0.25, -0.2) is 0 Å². The maximum Gasteiger partial charge on any atom is 0.0666 e. The summed E-state index contributed by atoms with van der Waals surface area (Å²) in [7, 11) is 1.82. The number of likely N-dealkylation sites (tertiary alicyclic amines) is 1. The average Bonchev–Trinajstić information content (AvgIpc) is 2.93. The molecule has 0 aromatic rings. The lowest BCUT2D eigenvalue weighted by Gasteiger charge is -2.29. The Hall–Kier alpha value is -0.500. The van der Waals surface area contributed by atoms with Crippen LogP contribution in [-0.4, -0.2) is 31.2 Å². The first-order valence-corrected chi connectivity index (χ1v) is 9.19. The molecule has 0 unspecified atom stereocenters. The van der Waals surface area contributed by atoms with E-state index in [0.29, 0.717) is 12.0 Å². The van der Waals surface area contributed by atoms with Crippen LogP contribution in [0.3, 0.4) is 0 Å². The molecule has 0 N–H and O–H groups in total. The number of hydrogen-bond donors (Lipinski definition) is 0. The summed E-state index contributed by atoms with van der Waals surface area (Å²) in [6.07, 6.45) is 14.6. The molecular formula is C19H37NO. The van der Waals surface area contributed by atoms with Gasteiger partial charge in [0.05, 0.1) is 12.6 Å². The first-order valence-electron chi connectivity index (χ1n) is 9.19. The van der Waals surface area contributed by atoms with Crippen molar-refractivity contribution in [1.29, 1.82) is 0 Å². The molecule has 0 amide bonds. The Bertz CT molecular complexity index is 287. The van der Waals surface area contributed by atoms with Crippen LogP contribution in [0.4, 0.5) is 0 Å². The summed E-state index contributed by atoms with van der Waals surface area (Å²) < 4.78 is 5.39. The number of rotatable bonds is 11. The molecule has 2 heteroatoms. The number of hydrogen-bond acceptors (Lipinski definition) is 2. The highest BCUT2D eigenvalue weighted by Gasteiger charge is 2.25. The SMILES string of the molecule is CCCCCCC[C@@H](C)/C=C(/CC)N1CCC[C@H]1COC. The third-order valence-electron chi connectivity index (χ3n) is 4.71. The summed E-state index contributed by atoms with van der Waals surface area (Å²) >= 11 is 0. The fourth-order valence-corrected chi connectivity index (χ4v) is 3.48. The summed E-state index contributed by atoms with van der Waals surface area (Å²) in [5, 5.41) is 0. The Morgan fingerprint density at radius 2 is 2.00 bits per heavy atom. The Morgan fingerprint density at radius 3 is 2.67 bits per heavy atom. The van der Waals surface area contributed by atoms with Crippen LogP contribution in [-0.2, 0) is 4.74 Å². The lowest BCUT2D eigenvalue weighted by atomic mass is 10.00. The first-order chi connectivity index (χ1) is 10.2. The van der Waals surface area contributed by atoms with Crippen molar-refractivity contribution < 1.29 is 4.74 Å². The van der Waals surface area contributed by atoms with Crippen molar-refractivity contribution in [3.05, 3.63) is 11.8 Å². The van der Waals surface area contributed by atoms with Gasteiger partial charge in [0.2, 0.25) is 0 Å². The van der Waals surface area contributed by atoms with Crippen LogP contribution in [0, 0.1) is 5.92 Å². The molecule has 0 spiro atoms. The van der Waals surface area contributed by atoms with Crippen molar-refractivity contribution in [1.82, 2.24) is 4.90 Å². The van der Waals surface area contributed by atoms with Crippen LogP contribution in [0.25, 0.3) is 0 Å². The number of nitrogens with zero attached hydrogens (tertiary/aromatic N) is 1. The second-order valence-corrected chi connectivity index (χ2v) is 6.64. The third-order valence-corrected chi connectivity index (χ3v) is 4.71. The van der Waals surface area contributed by atoms with E-state index in [4.69, 9.17) is 4.74 Å². The number of allylic oxidation sites excluding steroid dienone is 2. The maximum atomic E-state index is 5.39. The van der Waals surface area contributed by atoms with Gasteiger partial charge < -0.3 is 9.64 Å². The number of unbranched alkanes of at least 4 members (excludes halogenated alkanes) is 4. The third kappa shape index (κ3) is 6.86. The van der Waals surface area contributed by atoms with Crippen LogP contribution in [0.2, 0.25) is 0 Å². The van der Waals surface area contributed by atoms with Gasteiger partial charge in [-0.1, -0.05) is 59.0 Å². The summed E-state index contributed by atoms with van der Waals surface area (Å²) in [4.78, 5) is 2.61. The van der Waals surface area contributed by atoms with E-state index >= 15 is 0 Å². The van der Waals surface area contributed by atoms with E-state index in [-0.39, 0.29) is 0 Å².